The molecule has 1 aromatic carbocycles. The number of guanidine groups is 1. The fourth-order valence-corrected chi connectivity index (χ4v) is 2.19. The molecule has 0 saturated carbocycles. The van der Waals surface area contributed by atoms with Crippen LogP contribution in [0, 0.1) is 0 Å². The van der Waals surface area contributed by atoms with Crippen molar-refractivity contribution in [1.29, 1.82) is 0 Å². The molecule has 1 heterocycles. The van der Waals surface area contributed by atoms with E-state index >= 15 is 0 Å². The lowest BCUT2D eigenvalue weighted by molar-refractivity contribution is 0.665. The van der Waals surface area contributed by atoms with Crippen LogP contribution >= 0.6 is 11.8 Å². The molecular weight excluding hydrogens is 320 g/mol. The van der Waals surface area contributed by atoms with Gasteiger partial charge >= 0.3 is 0 Å². The summed E-state index contributed by atoms with van der Waals surface area (Å²) < 4.78 is 1.92. The van der Waals surface area contributed by atoms with E-state index in [9.17, 15) is 0 Å². The molecule has 0 aliphatic heterocycles. The van der Waals surface area contributed by atoms with E-state index in [2.05, 4.69) is 64.9 Å². The van der Waals surface area contributed by atoms with Crippen LogP contribution in [-0.4, -0.2) is 44.8 Å². The highest BCUT2D eigenvalue weighted by molar-refractivity contribution is 7.99. The normalized spacial score (nSPS) is 12.2. The lowest BCUT2D eigenvalue weighted by Crippen LogP contribution is -2.43. The van der Waals surface area contributed by atoms with E-state index in [0.29, 0.717) is 6.54 Å². The highest BCUT2D eigenvalue weighted by Crippen LogP contribution is 2.19. The molecule has 0 aliphatic rings. The molecular formula is C17H26N6S. The largest absolute Gasteiger partial charge is 0.357 e. The molecule has 0 spiro atoms. The molecule has 0 saturated heterocycles. The average Bonchev–Trinajstić information content (AvgIpc) is 3.12. The summed E-state index contributed by atoms with van der Waals surface area (Å²) >= 11 is 1.84. The minimum Gasteiger partial charge on any atom is -0.357 e. The maximum Gasteiger partial charge on any atom is 0.191 e. The van der Waals surface area contributed by atoms with Crippen molar-refractivity contribution in [3.8, 4) is 5.69 Å². The van der Waals surface area contributed by atoms with Gasteiger partial charge in [0.1, 0.15) is 12.7 Å². The lowest BCUT2D eigenvalue weighted by atomic mass is 10.2. The predicted molar refractivity (Wildman–Crippen MR) is 102 cm³/mol. The van der Waals surface area contributed by atoms with Crippen LogP contribution in [0.1, 0.15) is 26.3 Å². The van der Waals surface area contributed by atoms with Crippen LogP contribution < -0.4 is 10.6 Å². The van der Waals surface area contributed by atoms with E-state index in [1.54, 1.807) is 11.0 Å². The zero-order valence-corrected chi connectivity index (χ0v) is 15.6. The second-order valence-corrected chi connectivity index (χ2v) is 7.53. The van der Waals surface area contributed by atoms with Crippen LogP contribution in [0.4, 0.5) is 0 Å². The van der Waals surface area contributed by atoms with E-state index in [1.807, 2.05) is 23.9 Å². The summed E-state index contributed by atoms with van der Waals surface area (Å²) in [5.74, 6) is 0.847. The number of rotatable bonds is 7. The molecule has 2 N–H and O–H groups in total. The van der Waals surface area contributed by atoms with Gasteiger partial charge in [-0.05, 0) is 44.7 Å². The third-order valence-corrected chi connectivity index (χ3v) is 4.87. The van der Waals surface area contributed by atoms with Gasteiger partial charge < -0.3 is 10.6 Å². The van der Waals surface area contributed by atoms with Crippen LogP contribution in [0.3, 0.4) is 0 Å². The number of benzene rings is 1. The van der Waals surface area contributed by atoms with Gasteiger partial charge in [-0.1, -0.05) is 12.1 Å². The maximum atomic E-state index is 4.66. The highest BCUT2D eigenvalue weighted by Gasteiger charge is 2.15. The molecule has 0 radical (unpaired) electrons. The van der Waals surface area contributed by atoms with Crippen molar-refractivity contribution in [1.82, 2.24) is 25.4 Å². The molecule has 130 valence electrons. The third-order valence-electron chi connectivity index (χ3n) is 3.62. The summed E-state index contributed by atoms with van der Waals surface area (Å²) in [4.78, 5) is 8.62. The molecule has 0 atom stereocenters. The molecule has 0 amide bonds. The summed E-state index contributed by atoms with van der Waals surface area (Å²) in [7, 11) is 0. The zero-order chi connectivity index (χ0) is 17.4. The van der Waals surface area contributed by atoms with Crippen molar-refractivity contribution in [2.75, 3.05) is 19.3 Å². The predicted octanol–water partition coefficient (Wildman–Crippen LogP) is 2.46. The monoisotopic (exact) mass is 346 g/mol. The zero-order valence-electron chi connectivity index (χ0n) is 14.8. The van der Waals surface area contributed by atoms with Gasteiger partial charge in [0.05, 0.1) is 12.2 Å². The summed E-state index contributed by atoms with van der Waals surface area (Å²) in [6.45, 7) is 8.85. The number of nitrogens with zero attached hydrogens (tertiary/aromatic N) is 4. The number of aliphatic imine (C=N–C) groups is 1. The van der Waals surface area contributed by atoms with Crippen LogP contribution in [0.5, 0.6) is 0 Å². The molecule has 0 unspecified atom stereocenters. The average molecular weight is 347 g/mol. The minimum absolute atomic E-state index is 0.176. The SMILES string of the molecule is CCNC(=NCc1ccc(-n2cncn2)cc1)NCC(C)(C)SC. The number of hydrogen-bond acceptors (Lipinski definition) is 4. The van der Waals surface area contributed by atoms with Crippen LogP contribution in [0.15, 0.2) is 41.9 Å². The molecule has 7 heteroatoms. The molecule has 6 nitrogen and oxygen atoms in total. The van der Waals surface area contributed by atoms with Gasteiger partial charge in [-0.2, -0.15) is 16.9 Å². The molecule has 1 aromatic heterocycles. The molecule has 0 bridgehead atoms. The number of hydrogen-bond donors (Lipinski definition) is 2. The van der Waals surface area contributed by atoms with E-state index in [1.165, 1.54) is 6.33 Å². The summed E-state index contributed by atoms with van der Waals surface area (Å²) in [5, 5.41) is 10.8. The summed E-state index contributed by atoms with van der Waals surface area (Å²) in [6.07, 6.45) is 5.35. The van der Waals surface area contributed by atoms with E-state index in [0.717, 1.165) is 30.3 Å². The van der Waals surface area contributed by atoms with Gasteiger partial charge in [0.25, 0.3) is 0 Å². The molecule has 0 fully saturated rings. The molecule has 24 heavy (non-hydrogen) atoms. The quantitative estimate of drug-likeness (QED) is 0.595. The Morgan fingerprint density at radius 1 is 1.25 bits per heavy atom. The number of thioether (sulfide) groups is 1. The van der Waals surface area contributed by atoms with E-state index < -0.39 is 0 Å². The Balaban J connectivity index is 1.97. The van der Waals surface area contributed by atoms with E-state index in [-0.39, 0.29) is 4.75 Å². The Kier molecular flexibility index (Phi) is 6.66. The summed E-state index contributed by atoms with van der Waals surface area (Å²) in [6, 6.07) is 8.18. The minimum atomic E-state index is 0.176. The van der Waals surface area contributed by atoms with Crippen molar-refractivity contribution < 1.29 is 0 Å². The molecule has 2 rings (SSSR count). The van der Waals surface area contributed by atoms with Gasteiger partial charge in [0, 0.05) is 17.8 Å². The number of aromatic nitrogens is 3. The topological polar surface area (TPSA) is 67.1 Å². The fourth-order valence-electron chi connectivity index (χ4n) is 1.98. The lowest BCUT2D eigenvalue weighted by Gasteiger charge is -2.23. The first kappa shape index (κ1) is 18.3. The Morgan fingerprint density at radius 2 is 2.00 bits per heavy atom. The van der Waals surface area contributed by atoms with Gasteiger partial charge in [-0.25, -0.2) is 14.7 Å². The maximum absolute atomic E-state index is 4.66. The van der Waals surface area contributed by atoms with Gasteiger partial charge in [-0.3, -0.25) is 0 Å². The van der Waals surface area contributed by atoms with Crippen LogP contribution in [-0.2, 0) is 6.54 Å². The fraction of sp³-hybridized carbons (Fsp3) is 0.471. The Labute approximate surface area is 148 Å². The first-order chi connectivity index (χ1) is 11.5. The van der Waals surface area contributed by atoms with Crippen molar-refractivity contribution in [2.45, 2.75) is 32.1 Å². The van der Waals surface area contributed by atoms with Gasteiger partial charge in [-0.15, -0.1) is 0 Å². The highest BCUT2D eigenvalue weighted by atomic mass is 32.2. The van der Waals surface area contributed by atoms with Gasteiger partial charge in [0.2, 0.25) is 0 Å². The van der Waals surface area contributed by atoms with Crippen molar-refractivity contribution in [2.24, 2.45) is 4.99 Å². The smallest absolute Gasteiger partial charge is 0.191 e. The Bertz CT molecular complexity index is 634. The second kappa shape index (κ2) is 8.73. The Hall–Kier alpha value is -2.02. The van der Waals surface area contributed by atoms with E-state index in [4.69, 9.17) is 0 Å². The molecule has 2 aromatic rings. The Morgan fingerprint density at radius 3 is 2.58 bits per heavy atom. The number of nitrogens with one attached hydrogen (secondary N) is 2. The van der Waals surface area contributed by atoms with Crippen molar-refractivity contribution in [3.05, 3.63) is 42.5 Å². The van der Waals surface area contributed by atoms with Crippen LogP contribution in [0.25, 0.3) is 5.69 Å². The second-order valence-electron chi connectivity index (χ2n) is 6.02. The van der Waals surface area contributed by atoms with Gasteiger partial charge in [0.15, 0.2) is 5.96 Å². The molecule has 0 aliphatic carbocycles. The first-order valence-electron chi connectivity index (χ1n) is 8.05. The van der Waals surface area contributed by atoms with Crippen molar-refractivity contribution in [3.63, 3.8) is 0 Å². The first-order valence-corrected chi connectivity index (χ1v) is 9.28. The summed E-state index contributed by atoms with van der Waals surface area (Å²) in [5.41, 5.74) is 2.15. The van der Waals surface area contributed by atoms with Crippen molar-refractivity contribution >= 4 is 17.7 Å². The standard InChI is InChI=1S/C17H26N6S/c1-5-19-16(21-11-17(2,3)24-4)20-10-14-6-8-15(9-7-14)23-13-18-12-22-23/h6-9,12-13H,5,10-11H2,1-4H3,(H2,19,20,21). The third kappa shape index (κ3) is 5.56. The van der Waals surface area contributed by atoms with Crippen LogP contribution in [0.2, 0.25) is 0 Å².